The van der Waals surface area contributed by atoms with Crippen LogP contribution in [0.4, 0.5) is 13.2 Å². The molecule has 0 aliphatic rings. The van der Waals surface area contributed by atoms with Crippen LogP contribution in [0.5, 0.6) is 0 Å². The maximum Gasteiger partial charge on any atom is 0.258 e. The summed E-state index contributed by atoms with van der Waals surface area (Å²) in [4.78, 5) is 11.3. The molecule has 0 aromatic heterocycles. The van der Waals surface area contributed by atoms with E-state index in [0.717, 1.165) is 0 Å². The maximum absolute atomic E-state index is 13.1. The first-order valence-corrected chi connectivity index (χ1v) is 4.30. The van der Waals surface area contributed by atoms with Crippen molar-refractivity contribution in [1.82, 2.24) is 5.32 Å². The normalized spacial score (nSPS) is 11.7. The van der Waals surface area contributed by atoms with Crippen molar-refractivity contribution >= 4 is 5.91 Å². The lowest BCUT2D eigenvalue weighted by Crippen LogP contribution is -2.32. The predicted octanol–water partition coefficient (Wildman–Crippen LogP) is 1.75. The molecule has 0 aliphatic carbocycles. The third-order valence-corrected chi connectivity index (χ3v) is 1.78. The van der Waals surface area contributed by atoms with Gasteiger partial charge in [0.2, 0.25) is 0 Å². The van der Waals surface area contributed by atoms with E-state index in [0.29, 0.717) is 12.1 Å². The van der Waals surface area contributed by atoms with Crippen molar-refractivity contribution in [3.63, 3.8) is 0 Å². The van der Waals surface area contributed by atoms with E-state index in [4.69, 9.17) is 5.26 Å². The highest BCUT2D eigenvalue weighted by Gasteiger charge is 2.19. The predicted molar refractivity (Wildman–Crippen MR) is 48.9 cm³/mol. The molecule has 1 atom stereocenters. The van der Waals surface area contributed by atoms with Crippen molar-refractivity contribution in [1.29, 1.82) is 5.26 Å². The Morgan fingerprint density at radius 1 is 1.38 bits per heavy atom. The SMILES string of the molecule is CC(C#N)NC(=O)c1c(F)cc(F)cc1F. The lowest BCUT2D eigenvalue weighted by atomic mass is 10.1. The summed E-state index contributed by atoms with van der Waals surface area (Å²) in [7, 11) is 0. The molecule has 0 saturated heterocycles. The van der Waals surface area contributed by atoms with E-state index in [-0.39, 0.29) is 0 Å². The van der Waals surface area contributed by atoms with E-state index in [9.17, 15) is 18.0 Å². The van der Waals surface area contributed by atoms with Crippen LogP contribution in [0.15, 0.2) is 12.1 Å². The van der Waals surface area contributed by atoms with Gasteiger partial charge in [-0.2, -0.15) is 5.26 Å². The molecule has 1 aromatic rings. The average Bonchev–Trinajstić information content (AvgIpc) is 2.15. The van der Waals surface area contributed by atoms with Gasteiger partial charge in [0, 0.05) is 12.1 Å². The lowest BCUT2D eigenvalue weighted by molar-refractivity contribution is 0.0939. The third-order valence-electron chi connectivity index (χ3n) is 1.78. The quantitative estimate of drug-likeness (QED) is 0.838. The summed E-state index contributed by atoms with van der Waals surface area (Å²) in [5.41, 5.74) is -0.900. The zero-order valence-electron chi connectivity index (χ0n) is 8.22. The number of benzene rings is 1. The smallest absolute Gasteiger partial charge is 0.258 e. The number of amides is 1. The molecular formula is C10H7F3N2O. The van der Waals surface area contributed by atoms with Crippen LogP contribution in [-0.2, 0) is 0 Å². The van der Waals surface area contributed by atoms with Gasteiger partial charge in [-0.25, -0.2) is 13.2 Å². The highest BCUT2D eigenvalue weighted by Crippen LogP contribution is 2.14. The minimum Gasteiger partial charge on any atom is -0.336 e. The second-order valence-electron chi connectivity index (χ2n) is 3.07. The van der Waals surface area contributed by atoms with Crippen LogP contribution in [0.2, 0.25) is 0 Å². The van der Waals surface area contributed by atoms with Crippen molar-refractivity contribution in [2.75, 3.05) is 0 Å². The highest BCUT2D eigenvalue weighted by atomic mass is 19.1. The van der Waals surface area contributed by atoms with Crippen LogP contribution in [-0.4, -0.2) is 11.9 Å². The molecule has 1 unspecified atom stereocenters. The zero-order valence-corrected chi connectivity index (χ0v) is 8.22. The van der Waals surface area contributed by atoms with Gasteiger partial charge < -0.3 is 5.32 Å². The Kier molecular flexibility index (Phi) is 3.51. The molecule has 0 spiro atoms. The Balaban J connectivity index is 3.06. The summed E-state index contributed by atoms with van der Waals surface area (Å²) in [5.74, 6) is -4.82. The summed E-state index contributed by atoms with van der Waals surface area (Å²) in [6, 6.07) is 1.57. The average molecular weight is 228 g/mol. The molecule has 0 bridgehead atoms. The number of hydrogen-bond donors (Lipinski definition) is 1. The number of hydrogen-bond acceptors (Lipinski definition) is 2. The first-order chi connectivity index (χ1) is 7.45. The largest absolute Gasteiger partial charge is 0.336 e. The maximum atomic E-state index is 13.1. The molecule has 0 saturated carbocycles. The van der Waals surface area contributed by atoms with Gasteiger partial charge in [-0.1, -0.05) is 0 Å². The van der Waals surface area contributed by atoms with Crippen LogP contribution in [0.3, 0.4) is 0 Å². The third kappa shape index (κ3) is 2.51. The fraction of sp³-hybridized carbons (Fsp3) is 0.200. The molecule has 1 rings (SSSR count). The molecule has 0 aliphatic heterocycles. The molecule has 16 heavy (non-hydrogen) atoms. The van der Waals surface area contributed by atoms with Crippen molar-refractivity contribution in [3.8, 4) is 6.07 Å². The van der Waals surface area contributed by atoms with Crippen molar-refractivity contribution in [2.24, 2.45) is 0 Å². The summed E-state index contributed by atoms with van der Waals surface area (Å²) in [5, 5.41) is 10.4. The topological polar surface area (TPSA) is 52.9 Å². The van der Waals surface area contributed by atoms with Crippen LogP contribution in [0, 0.1) is 28.8 Å². The summed E-state index contributed by atoms with van der Waals surface area (Å²) < 4.78 is 38.7. The first-order valence-electron chi connectivity index (χ1n) is 4.30. The first kappa shape index (κ1) is 12.0. The lowest BCUT2D eigenvalue weighted by Gasteiger charge is -2.08. The van der Waals surface area contributed by atoms with Crippen LogP contribution < -0.4 is 5.32 Å². The van der Waals surface area contributed by atoms with Crippen LogP contribution in [0.1, 0.15) is 17.3 Å². The molecule has 0 heterocycles. The summed E-state index contributed by atoms with van der Waals surface area (Å²) in [6.45, 7) is 1.34. The van der Waals surface area contributed by atoms with E-state index in [2.05, 4.69) is 0 Å². The summed E-state index contributed by atoms with van der Waals surface area (Å²) in [6.07, 6.45) is 0. The van der Waals surface area contributed by atoms with Crippen LogP contribution in [0.25, 0.3) is 0 Å². The molecule has 6 heteroatoms. The monoisotopic (exact) mass is 228 g/mol. The number of nitrogens with one attached hydrogen (secondary N) is 1. The standard InChI is InChI=1S/C10H7F3N2O/c1-5(4-14)15-10(16)9-7(12)2-6(11)3-8(9)13/h2-3,5H,1H3,(H,15,16). The molecule has 84 valence electrons. The number of nitriles is 1. The molecular weight excluding hydrogens is 221 g/mol. The van der Waals surface area contributed by atoms with E-state index in [1.807, 2.05) is 5.32 Å². The van der Waals surface area contributed by atoms with Crippen molar-refractivity contribution in [3.05, 3.63) is 35.1 Å². The van der Waals surface area contributed by atoms with E-state index < -0.39 is 35.0 Å². The second-order valence-corrected chi connectivity index (χ2v) is 3.07. The Hall–Kier alpha value is -2.03. The number of halogens is 3. The van der Waals surface area contributed by atoms with Crippen LogP contribution >= 0.6 is 0 Å². The van der Waals surface area contributed by atoms with Gasteiger partial charge in [0.1, 0.15) is 29.1 Å². The van der Waals surface area contributed by atoms with Gasteiger partial charge >= 0.3 is 0 Å². The Morgan fingerprint density at radius 2 is 1.88 bits per heavy atom. The van der Waals surface area contributed by atoms with Gasteiger partial charge in [-0.05, 0) is 6.92 Å². The van der Waals surface area contributed by atoms with Gasteiger partial charge in [-0.3, -0.25) is 4.79 Å². The molecule has 1 N–H and O–H groups in total. The Labute approximate surface area is 89.5 Å². The van der Waals surface area contributed by atoms with E-state index >= 15 is 0 Å². The zero-order chi connectivity index (χ0) is 12.3. The second kappa shape index (κ2) is 4.66. The number of rotatable bonds is 2. The molecule has 0 fully saturated rings. The minimum atomic E-state index is -1.31. The highest BCUT2D eigenvalue weighted by molar-refractivity contribution is 5.95. The van der Waals surface area contributed by atoms with E-state index in [1.54, 1.807) is 6.07 Å². The number of carbonyl (C=O) groups excluding carboxylic acids is 1. The van der Waals surface area contributed by atoms with Crippen molar-refractivity contribution in [2.45, 2.75) is 13.0 Å². The fourth-order valence-electron chi connectivity index (χ4n) is 1.06. The fourth-order valence-corrected chi connectivity index (χ4v) is 1.06. The molecule has 3 nitrogen and oxygen atoms in total. The van der Waals surface area contributed by atoms with Gasteiger partial charge in [0.05, 0.1) is 6.07 Å². The Morgan fingerprint density at radius 3 is 2.31 bits per heavy atom. The number of nitrogens with zero attached hydrogens (tertiary/aromatic N) is 1. The molecule has 0 radical (unpaired) electrons. The Bertz CT molecular complexity index is 445. The van der Waals surface area contributed by atoms with Gasteiger partial charge in [0.15, 0.2) is 0 Å². The number of carbonyl (C=O) groups is 1. The molecule has 1 amide bonds. The summed E-state index contributed by atoms with van der Waals surface area (Å²) >= 11 is 0. The van der Waals surface area contributed by atoms with Gasteiger partial charge in [-0.15, -0.1) is 0 Å². The minimum absolute atomic E-state index is 0.398. The molecule has 1 aromatic carbocycles. The van der Waals surface area contributed by atoms with Gasteiger partial charge in [0.25, 0.3) is 5.91 Å². The van der Waals surface area contributed by atoms with Crippen molar-refractivity contribution < 1.29 is 18.0 Å². The van der Waals surface area contributed by atoms with E-state index in [1.165, 1.54) is 6.92 Å².